The summed E-state index contributed by atoms with van der Waals surface area (Å²) in [6.07, 6.45) is 0. The second-order valence-electron chi connectivity index (χ2n) is 6.72. The molecule has 0 unspecified atom stereocenters. The number of amides is 1. The van der Waals surface area contributed by atoms with Gasteiger partial charge in [0.05, 0.1) is 10.6 Å². The molecule has 1 amide bonds. The van der Waals surface area contributed by atoms with E-state index >= 15 is 0 Å². The molecule has 6 heteroatoms. The molecular weight excluding hydrogens is 372 g/mol. The SMILES string of the molecule is Cc1ccc(NC(=O)c2ccc(S(=O)(=O)Nc3ccccc3C)cc2)c(C)c1. The van der Waals surface area contributed by atoms with Gasteiger partial charge < -0.3 is 5.32 Å². The van der Waals surface area contributed by atoms with Gasteiger partial charge in [0.15, 0.2) is 0 Å². The highest BCUT2D eigenvalue weighted by Crippen LogP contribution is 2.21. The van der Waals surface area contributed by atoms with Gasteiger partial charge >= 0.3 is 0 Å². The maximum absolute atomic E-state index is 12.6. The molecule has 0 saturated carbocycles. The van der Waals surface area contributed by atoms with E-state index in [9.17, 15) is 13.2 Å². The number of para-hydroxylation sites is 1. The van der Waals surface area contributed by atoms with Crippen LogP contribution < -0.4 is 10.0 Å². The molecule has 28 heavy (non-hydrogen) atoms. The highest BCUT2D eigenvalue weighted by molar-refractivity contribution is 7.92. The molecule has 0 radical (unpaired) electrons. The van der Waals surface area contributed by atoms with Crippen LogP contribution in [0.5, 0.6) is 0 Å². The quantitative estimate of drug-likeness (QED) is 0.661. The Balaban J connectivity index is 1.77. The third-order valence-electron chi connectivity index (χ3n) is 4.45. The van der Waals surface area contributed by atoms with Crippen LogP contribution in [0.1, 0.15) is 27.0 Å². The molecule has 3 rings (SSSR count). The fourth-order valence-corrected chi connectivity index (χ4v) is 3.96. The van der Waals surface area contributed by atoms with Crippen molar-refractivity contribution in [2.45, 2.75) is 25.7 Å². The lowest BCUT2D eigenvalue weighted by molar-refractivity contribution is 0.102. The summed E-state index contributed by atoms with van der Waals surface area (Å²) < 4.78 is 27.8. The Bertz CT molecular complexity index is 1120. The van der Waals surface area contributed by atoms with Crippen LogP contribution in [0.25, 0.3) is 0 Å². The minimum atomic E-state index is -3.73. The summed E-state index contributed by atoms with van der Waals surface area (Å²) in [5, 5.41) is 2.86. The van der Waals surface area contributed by atoms with Crippen LogP contribution in [0.2, 0.25) is 0 Å². The molecule has 0 aliphatic carbocycles. The highest BCUT2D eigenvalue weighted by Gasteiger charge is 2.16. The Morgan fingerprint density at radius 3 is 2.11 bits per heavy atom. The summed E-state index contributed by atoms with van der Waals surface area (Å²) >= 11 is 0. The zero-order valence-electron chi connectivity index (χ0n) is 16.0. The predicted octanol–water partition coefficient (Wildman–Crippen LogP) is 4.66. The van der Waals surface area contributed by atoms with E-state index in [0.29, 0.717) is 11.3 Å². The molecule has 0 aromatic heterocycles. The Morgan fingerprint density at radius 1 is 0.786 bits per heavy atom. The second-order valence-corrected chi connectivity index (χ2v) is 8.40. The van der Waals surface area contributed by atoms with E-state index in [0.717, 1.165) is 22.4 Å². The number of benzene rings is 3. The minimum Gasteiger partial charge on any atom is -0.322 e. The van der Waals surface area contributed by atoms with Crippen LogP contribution >= 0.6 is 0 Å². The van der Waals surface area contributed by atoms with Gasteiger partial charge in [0.1, 0.15) is 0 Å². The van der Waals surface area contributed by atoms with Gasteiger partial charge in [-0.05, 0) is 68.3 Å². The minimum absolute atomic E-state index is 0.0961. The maximum Gasteiger partial charge on any atom is 0.261 e. The fourth-order valence-electron chi connectivity index (χ4n) is 2.82. The zero-order valence-corrected chi connectivity index (χ0v) is 16.8. The largest absolute Gasteiger partial charge is 0.322 e. The van der Waals surface area contributed by atoms with Gasteiger partial charge in [-0.2, -0.15) is 0 Å². The predicted molar refractivity (Wildman–Crippen MR) is 112 cm³/mol. The summed E-state index contributed by atoms with van der Waals surface area (Å²) in [6.45, 7) is 5.75. The van der Waals surface area contributed by atoms with Gasteiger partial charge in [-0.15, -0.1) is 0 Å². The first-order chi connectivity index (χ1) is 13.3. The molecule has 0 fully saturated rings. The van der Waals surface area contributed by atoms with Crippen LogP contribution in [0.4, 0.5) is 11.4 Å². The summed E-state index contributed by atoms with van der Waals surface area (Å²) in [5.41, 5.74) is 4.55. The molecule has 0 heterocycles. The number of sulfonamides is 1. The van der Waals surface area contributed by atoms with E-state index in [-0.39, 0.29) is 10.8 Å². The Kier molecular flexibility index (Phi) is 5.51. The monoisotopic (exact) mass is 394 g/mol. The number of hydrogen-bond donors (Lipinski definition) is 2. The van der Waals surface area contributed by atoms with Crippen molar-refractivity contribution in [1.29, 1.82) is 0 Å². The summed E-state index contributed by atoms with van der Waals surface area (Å²) in [6, 6.07) is 18.8. The molecule has 0 bridgehead atoms. The second kappa shape index (κ2) is 7.86. The van der Waals surface area contributed by atoms with Crippen molar-refractivity contribution in [2.75, 3.05) is 10.0 Å². The Hall–Kier alpha value is -3.12. The van der Waals surface area contributed by atoms with Crippen molar-refractivity contribution in [2.24, 2.45) is 0 Å². The number of carbonyl (C=O) groups is 1. The number of nitrogens with one attached hydrogen (secondary N) is 2. The standard InChI is InChI=1S/C22H22N2O3S/c1-15-8-13-20(17(3)14-15)23-22(25)18-9-11-19(12-10-18)28(26,27)24-21-7-5-4-6-16(21)2/h4-14,24H,1-3H3,(H,23,25). The summed E-state index contributed by atoms with van der Waals surface area (Å²) in [7, 11) is -3.73. The van der Waals surface area contributed by atoms with Crippen molar-refractivity contribution in [3.05, 3.63) is 89.0 Å². The van der Waals surface area contributed by atoms with Gasteiger partial charge in [-0.3, -0.25) is 9.52 Å². The summed E-state index contributed by atoms with van der Waals surface area (Å²) in [4.78, 5) is 12.6. The van der Waals surface area contributed by atoms with E-state index in [1.54, 1.807) is 12.1 Å². The molecule has 0 atom stereocenters. The number of anilines is 2. The zero-order chi connectivity index (χ0) is 20.3. The van der Waals surface area contributed by atoms with Crippen LogP contribution in [-0.4, -0.2) is 14.3 Å². The van der Waals surface area contributed by atoms with Gasteiger partial charge in [0.2, 0.25) is 0 Å². The van der Waals surface area contributed by atoms with E-state index in [2.05, 4.69) is 10.0 Å². The lowest BCUT2D eigenvalue weighted by Gasteiger charge is -2.11. The molecule has 2 N–H and O–H groups in total. The van der Waals surface area contributed by atoms with Crippen LogP contribution in [-0.2, 0) is 10.0 Å². The number of carbonyl (C=O) groups excluding carboxylic acids is 1. The van der Waals surface area contributed by atoms with Crippen molar-refractivity contribution in [3.8, 4) is 0 Å². The Morgan fingerprint density at radius 2 is 1.46 bits per heavy atom. The fraction of sp³-hybridized carbons (Fsp3) is 0.136. The summed E-state index contributed by atoms with van der Waals surface area (Å²) in [5.74, 6) is -0.289. The highest BCUT2D eigenvalue weighted by atomic mass is 32.2. The van der Waals surface area contributed by atoms with E-state index in [4.69, 9.17) is 0 Å². The lowest BCUT2D eigenvalue weighted by atomic mass is 10.1. The van der Waals surface area contributed by atoms with Crippen LogP contribution in [0.15, 0.2) is 71.6 Å². The normalized spacial score (nSPS) is 11.1. The molecular formula is C22H22N2O3S. The van der Waals surface area contributed by atoms with Gasteiger partial charge in [-0.1, -0.05) is 35.9 Å². The first-order valence-electron chi connectivity index (χ1n) is 8.83. The number of aryl methyl sites for hydroxylation is 3. The average Bonchev–Trinajstić information content (AvgIpc) is 2.66. The first kappa shape index (κ1) is 19.6. The molecule has 0 aliphatic rings. The van der Waals surface area contributed by atoms with Crippen LogP contribution in [0.3, 0.4) is 0 Å². The molecule has 144 valence electrons. The molecule has 0 aliphatic heterocycles. The molecule has 0 saturated heterocycles. The molecule has 3 aromatic rings. The maximum atomic E-state index is 12.6. The Labute approximate surface area is 165 Å². The molecule has 3 aromatic carbocycles. The van der Waals surface area contributed by atoms with E-state index < -0.39 is 10.0 Å². The van der Waals surface area contributed by atoms with Crippen molar-refractivity contribution < 1.29 is 13.2 Å². The molecule has 0 spiro atoms. The van der Waals surface area contributed by atoms with Crippen molar-refractivity contribution in [3.63, 3.8) is 0 Å². The first-order valence-corrected chi connectivity index (χ1v) is 10.3. The lowest BCUT2D eigenvalue weighted by Crippen LogP contribution is -2.15. The average molecular weight is 394 g/mol. The third-order valence-corrected chi connectivity index (χ3v) is 5.83. The number of rotatable bonds is 5. The number of hydrogen-bond acceptors (Lipinski definition) is 3. The third kappa shape index (κ3) is 4.40. The van der Waals surface area contributed by atoms with Gasteiger partial charge in [-0.25, -0.2) is 8.42 Å². The molecule has 5 nitrogen and oxygen atoms in total. The van der Waals surface area contributed by atoms with Gasteiger partial charge in [0, 0.05) is 11.3 Å². The van der Waals surface area contributed by atoms with E-state index in [1.807, 2.05) is 51.1 Å². The van der Waals surface area contributed by atoms with Gasteiger partial charge in [0.25, 0.3) is 15.9 Å². The van der Waals surface area contributed by atoms with Crippen molar-refractivity contribution >= 4 is 27.3 Å². The van der Waals surface area contributed by atoms with E-state index in [1.165, 1.54) is 24.3 Å². The van der Waals surface area contributed by atoms with Crippen LogP contribution in [0, 0.1) is 20.8 Å². The smallest absolute Gasteiger partial charge is 0.261 e. The van der Waals surface area contributed by atoms with Crippen molar-refractivity contribution in [1.82, 2.24) is 0 Å². The topological polar surface area (TPSA) is 75.3 Å².